The number of benzene rings is 3. The molecule has 0 aliphatic rings. The van der Waals surface area contributed by atoms with Crippen molar-refractivity contribution in [3.05, 3.63) is 94.7 Å². The van der Waals surface area contributed by atoms with E-state index in [1.54, 1.807) is 25.1 Å². The first-order valence-corrected chi connectivity index (χ1v) is 9.29. The molecule has 5 rings (SSSR count). The van der Waals surface area contributed by atoms with Crippen LogP contribution in [0.5, 0.6) is 5.75 Å². The van der Waals surface area contributed by atoms with Crippen molar-refractivity contribution in [2.45, 2.75) is 13.5 Å². The van der Waals surface area contributed by atoms with Crippen LogP contribution < -0.4 is 10.2 Å². The number of rotatable bonds is 4. The van der Waals surface area contributed by atoms with Gasteiger partial charge in [-0.05, 0) is 36.8 Å². The largest absolute Gasteiger partial charge is 0.484 e. The smallest absolute Gasteiger partial charge is 0.233 e. The van der Waals surface area contributed by atoms with Crippen LogP contribution in [-0.4, -0.2) is 4.98 Å². The van der Waals surface area contributed by atoms with E-state index >= 15 is 0 Å². The molecule has 0 aliphatic heterocycles. The van der Waals surface area contributed by atoms with Gasteiger partial charge in [0, 0.05) is 6.07 Å². The molecular weight excluding hydrogens is 366 g/mol. The van der Waals surface area contributed by atoms with Gasteiger partial charge in [0.2, 0.25) is 11.3 Å². The first-order valence-electron chi connectivity index (χ1n) is 9.29. The molecule has 5 nitrogen and oxygen atoms in total. The number of aromatic nitrogens is 1. The molecule has 0 unspecified atom stereocenters. The van der Waals surface area contributed by atoms with E-state index in [2.05, 4.69) is 4.98 Å². The Morgan fingerprint density at radius 2 is 1.69 bits per heavy atom. The fraction of sp³-hybridized carbons (Fsp3) is 0.0833. The fourth-order valence-corrected chi connectivity index (χ4v) is 3.44. The third-order valence-electron chi connectivity index (χ3n) is 4.80. The number of hydrogen-bond acceptors (Lipinski definition) is 5. The Morgan fingerprint density at radius 3 is 2.52 bits per heavy atom. The fourth-order valence-electron chi connectivity index (χ4n) is 3.44. The number of ether oxygens (including phenoxy) is 1. The van der Waals surface area contributed by atoms with Crippen molar-refractivity contribution >= 4 is 22.1 Å². The zero-order valence-corrected chi connectivity index (χ0v) is 15.7. The minimum Gasteiger partial charge on any atom is -0.484 e. The Hall–Kier alpha value is -3.86. The van der Waals surface area contributed by atoms with Crippen LogP contribution in [0.4, 0.5) is 0 Å². The molecule has 5 aromatic rings. The van der Waals surface area contributed by atoms with Crippen LogP contribution in [0, 0.1) is 6.92 Å². The maximum absolute atomic E-state index is 13.0. The standard InChI is InChI=1S/C24H17NO4/c1-15-23(16-7-3-2-4-8-16)24(26)18-12-11-17(13-21(18)28-15)27-14-22-25-19-9-5-6-10-20(19)29-22/h2-13H,14H2,1H3. The number of oxazole rings is 1. The van der Waals surface area contributed by atoms with E-state index in [9.17, 15) is 4.79 Å². The van der Waals surface area contributed by atoms with E-state index in [1.165, 1.54) is 0 Å². The topological polar surface area (TPSA) is 65.5 Å². The lowest BCUT2D eigenvalue weighted by molar-refractivity contribution is 0.267. The van der Waals surface area contributed by atoms with Crippen molar-refractivity contribution in [1.82, 2.24) is 4.98 Å². The van der Waals surface area contributed by atoms with Crippen molar-refractivity contribution < 1.29 is 13.6 Å². The van der Waals surface area contributed by atoms with Crippen molar-refractivity contribution in [3.8, 4) is 16.9 Å². The van der Waals surface area contributed by atoms with E-state index in [4.69, 9.17) is 13.6 Å². The van der Waals surface area contributed by atoms with Crippen LogP contribution in [0.1, 0.15) is 11.7 Å². The predicted octanol–water partition coefficient (Wildman–Crippen LogP) is 5.49. The summed E-state index contributed by atoms with van der Waals surface area (Å²) in [5.41, 5.74) is 3.37. The second-order valence-corrected chi connectivity index (χ2v) is 6.75. The van der Waals surface area contributed by atoms with Crippen LogP contribution in [0.2, 0.25) is 0 Å². The van der Waals surface area contributed by atoms with Crippen LogP contribution in [0.3, 0.4) is 0 Å². The molecule has 0 atom stereocenters. The lowest BCUT2D eigenvalue weighted by atomic mass is 10.0. The number of fused-ring (bicyclic) bond motifs is 2. The van der Waals surface area contributed by atoms with E-state index in [1.807, 2.05) is 54.6 Å². The van der Waals surface area contributed by atoms with Crippen molar-refractivity contribution in [2.24, 2.45) is 0 Å². The molecule has 0 aliphatic carbocycles. The maximum Gasteiger partial charge on any atom is 0.233 e. The van der Waals surface area contributed by atoms with Gasteiger partial charge in [-0.2, -0.15) is 0 Å². The summed E-state index contributed by atoms with van der Waals surface area (Å²) in [7, 11) is 0. The quantitative estimate of drug-likeness (QED) is 0.411. The van der Waals surface area contributed by atoms with Gasteiger partial charge >= 0.3 is 0 Å². The summed E-state index contributed by atoms with van der Waals surface area (Å²) in [6.45, 7) is 1.99. The van der Waals surface area contributed by atoms with Gasteiger partial charge in [0.15, 0.2) is 12.2 Å². The molecule has 0 radical (unpaired) electrons. The monoisotopic (exact) mass is 383 g/mol. The Balaban J connectivity index is 1.46. The summed E-state index contributed by atoms with van der Waals surface area (Å²) < 4.78 is 17.4. The lowest BCUT2D eigenvalue weighted by Crippen LogP contribution is -2.07. The highest BCUT2D eigenvalue weighted by Gasteiger charge is 2.14. The first-order chi connectivity index (χ1) is 14.2. The Kier molecular flexibility index (Phi) is 4.13. The molecule has 5 heteroatoms. The van der Waals surface area contributed by atoms with Crippen LogP contribution in [-0.2, 0) is 6.61 Å². The van der Waals surface area contributed by atoms with E-state index in [-0.39, 0.29) is 12.0 Å². The van der Waals surface area contributed by atoms with Crippen LogP contribution >= 0.6 is 0 Å². The van der Waals surface area contributed by atoms with Crippen molar-refractivity contribution in [2.75, 3.05) is 0 Å². The summed E-state index contributed by atoms with van der Waals surface area (Å²) >= 11 is 0. The van der Waals surface area contributed by atoms with Gasteiger partial charge in [-0.15, -0.1) is 0 Å². The van der Waals surface area contributed by atoms with E-state index in [0.717, 1.165) is 16.7 Å². The van der Waals surface area contributed by atoms with Gasteiger partial charge in [0.1, 0.15) is 22.6 Å². The lowest BCUT2D eigenvalue weighted by Gasteiger charge is -2.09. The molecule has 0 amide bonds. The summed E-state index contributed by atoms with van der Waals surface area (Å²) in [6.07, 6.45) is 0. The van der Waals surface area contributed by atoms with Gasteiger partial charge in [-0.3, -0.25) is 4.79 Å². The Morgan fingerprint density at radius 1 is 0.897 bits per heavy atom. The van der Waals surface area contributed by atoms with Gasteiger partial charge in [-0.1, -0.05) is 42.5 Å². The van der Waals surface area contributed by atoms with E-state index < -0.39 is 0 Å². The molecule has 0 bridgehead atoms. The third kappa shape index (κ3) is 3.17. The highest BCUT2D eigenvalue weighted by Crippen LogP contribution is 2.26. The van der Waals surface area contributed by atoms with Crippen molar-refractivity contribution in [1.29, 1.82) is 0 Å². The van der Waals surface area contributed by atoms with Gasteiger partial charge in [0.05, 0.1) is 10.9 Å². The molecule has 2 heterocycles. The summed E-state index contributed by atoms with van der Waals surface area (Å²) in [6, 6.07) is 22.3. The number of para-hydroxylation sites is 2. The number of hydrogen-bond donors (Lipinski definition) is 0. The first kappa shape index (κ1) is 17.3. The molecule has 0 N–H and O–H groups in total. The molecule has 0 spiro atoms. The highest BCUT2D eigenvalue weighted by atomic mass is 16.5. The molecular formula is C24H17NO4. The predicted molar refractivity (Wildman–Crippen MR) is 111 cm³/mol. The molecule has 29 heavy (non-hydrogen) atoms. The normalized spacial score (nSPS) is 11.2. The zero-order valence-electron chi connectivity index (χ0n) is 15.7. The van der Waals surface area contributed by atoms with Gasteiger partial charge in [-0.25, -0.2) is 4.98 Å². The maximum atomic E-state index is 13.0. The summed E-state index contributed by atoms with van der Waals surface area (Å²) in [5.74, 6) is 1.64. The molecule has 142 valence electrons. The minimum absolute atomic E-state index is 0.0551. The van der Waals surface area contributed by atoms with Crippen LogP contribution in [0.25, 0.3) is 33.2 Å². The van der Waals surface area contributed by atoms with Crippen molar-refractivity contribution in [3.63, 3.8) is 0 Å². The highest BCUT2D eigenvalue weighted by molar-refractivity contribution is 5.83. The average molecular weight is 383 g/mol. The third-order valence-corrected chi connectivity index (χ3v) is 4.80. The summed E-state index contributed by atoms with van der Waals surface area (Å²) in [4.78, 5) is 17.4. The molecule has 0 saturated heterocycles. The zero-order chi connectivity index (χ0) is 19.8. The number of nitrogens with zero attached hydrogens (tertiary/aromatic N) is 1. The molecule has 0 fully saturated rings. The molecule has 3 aromatic carbocycles. The minimum atomic E-state index is -0.0551. The average Bonchev–Trinajstić information content (AvgIpc) is 3.16. The van der Waals surface area contributed by atoms with Gasteiger partial charge in [0.25, 0.3) is 0 Å². The van der Waals surface area contributed by atoms with Crippen LogP contribution in [0.15, 0.2) is 86.4 Å². The SMILES string of the molecule is Cc1oc2cc(OCc3nc4ccccc4o3)ccc2c(=O)c1-c1ccccc1. The Labute approximate surface area is 166 Å². The molecule has 2 aromatic heterocycles. The summed E-state index contributed by atoms with van der Waals surface area (Å²) in [5, 5.41) is 0.517. The number of aryl methyl sites for hydroxylation is 1. The van der Waals surface area contributed by atoms with E-state index in [0.29, 0.717) is 33.9 Å². The second kappa shape index (κ2) is 6.95. The molecule has 0 saturated carbocycles. The Bertz CT molecular complexity index is 1350. The van der Waals surface area contributed by atoms with Gasteiger partial charge < -0.3 is 13.6 Å². The second-order valence-electron chi connectivity index (χ2n) is 6.75.